The summed E-state index contributed by atoms with van der Waals surface area (Å²) in [5.74, 6) is 5.69. The molecule has 5 aliphatic rings. The average Bonchev–Trinajstić information content (AvgIpc) is 2.42. The first-order chi connectivity index (χ1) is 9.38. The van der Waals surface area contributed by atoms with Gasteiger partial charge in [-0.25, -0.2) is 0 Å². The van der Waals surface area contributed by atoms with Gasteiger partial charge in [-0.1, -0.05) is 0 Å². The van der Waals surface area contributed by atoms with E-state index in [1.165, 1.54) is 39.1 Å². The van der Waals surface area contributed by atoms with Gasteiger partial charge >= 0.3 is 0 Å². The van der Waals surface area contributed by atoms with Gasteiger partial charge in [0.1, 0.15) is 0 Å². The molecule has 5 fully saturated rings. The zero-order valence-corrected chi connectivity index (χ0v) is 12.3. The van der Waals surface area contributed by atoms with Crippen LogP contribution in [0.4, 0.5) is 0 Å². The predicted molar refractivity (Wildman–Crippen MR) is 79.1 cm³/mol. The van der Waals surface area contributed by atoms with Crippen LogP contribution in [-0.2, 0) is 0 Å². The summed E-state index contributed by atoms with van der Waals surface area (Å²) >= 11 is 0. The molecule has 4 aliphatic carbocycles. The van der Waals surface area contributed by atoms with Crippen LogP contribution < -0.4 is 5.32 Å². The van der Waals surface area contributed by atoms with E-state index in [1.807, 2.05) is 0 Å². The topological polar surface area (TPSA) is 15.3 Å². The summed E-state index contributed by atoms with van der Waals surface area (Å²) in [6.45, 7) is 6.34. The zero-order valence-electron chi connectivity index (χ0n) is 12.3. The lowest BCUT2D eigenvalue weighted by molar-refractivity contribution is -0.0410. The fourth-order valence-electron chi connectivity index (χ4n) is 5.99. The minimum atomic E-state index is 1.12. The number of nitrogens with zero attached hydrogens (tertiary/aromatic N) is 1. The third-order valence-electron chi connectivity index (χ3n) is 6.64. The maximum absolute atomic E-state index is 3.45. The van der Waals surface area contributed by atoms with E-state index in [0.29, 0.717) is 0 Å². The van der Waals surface area contributed by atoms with Gasteiger partial charge in [-0.05, 0) is 81.1 Å². The summed E-state index contributed by atoms with van der Waals surface area (Å²) in [7, 11) is 0. The van der Waals surface area contributed by atoms with Crippen molar-refractivity contribution in [3.63, 3.8) is 0 Å². The molecular weight excluding hydrogens is 232 g/mol. The highest BCUT2D eigenvalue weighted by Gasteiger charge is 2.47. The molecule has 0 aromatic heterocycles. The van der Waals surface area contributed by atoms with E-state index in [-0.39, 0.29) is 0 Å². The Balaban J connectivity index is 1.26. The van der Waals surface area contributed by atoms with E-state index >= 15 is 0 Å². The lowest BCUT2D eigenvalue weighted by atomic mass is 9.51. The molecule has 5 rings (SSSR count). The monoisotopic (exact) mass is 262 g/mol. The fraction of sp³-hybridized carbons (Fsp3) is 1.00. The fourth-order valence-corrected chi connectivity index (χ4v) is 5.99. The molecule has 1 N–H and O–H groups in total. The standard InChI is InChI=1S/C17H30N2/c1(5-19-6-3-18-4-7-19)2-17-15-9-13-8-14(11-15)12-16(17)10-13/h13-18H,1-12H2. The van der Waals surface area contributed by atoms with Gasteiger partial charge in [0.05, 0.1) is 0 Å². The molecule has 2 heteroatoms. The van der Waals surface area contributed by atoms with Crippen molar-refractivity contribution in [1.29, 1.82) is 0 Å². The van der Waals surface area contributed by atoms with Crippen molar-refractivity contribution in [1.82, 2.24) is 10.2 Å². The Labute approximate surface area is 118 Å². The van der Waals surface area contributed by atoms with Crippen LogP contribution in [0.3, 0.4) is 0 Å². The first-order valence-corrected chi connectivity index (χ1v) is 8.81. The Morgan fingerprint density at radius 1 is 0.842 bits per heavy atom. The van der Waals surface area contributed by atoms with Crippen LogP contribution in [0.25, 0.3) is 0 Å². The van der Waals surface area contributed by atoms with Crippen molar-refractivity contribution in [3.8, 4) is 0 Å². The predicted octanol–water partition coefficient (Wildman–Crippen LogP) is 2.74. The molecule has 4 bridgehead atoms. The van der Waals surface area contributed by atoms with E-state index in [4.69, 9.17) is 0 Å². The number of hydrogen-bond donors (Lipinski definition) is 1. The summed E-state index contributed by atoms with van der Waals surface area (Å²) in [6, 6.07) is 0. The Hall–Kier alpha value is -0.0800. The van der Waals surface area contributed by atoms with Crippen LogP contribution in [0.2, 0.25) is 0 Å². The smallest absolute Gasteiger partial charge is 0.0107 e. The Bertz CT molecular complexity index is 280. The lowest BCUT2D eigenvalue weighted by Crippen LogP contribution is -2.46. The molecule has 108 valence electrons. The van der Waals surface area contributed by atoms with E-state index in [0.717, 1.165) is 29.6 Å². The number of rotatable bonds is 4. The molecular formula is C17H30N2. The minimum Gasteiger partial charge on any atom is -0.314 e. The van der Waals surface area contributed by atoms with Crippen molar-refractivity contribution in [2.75, 3.05) is 32.7 Å². The third kappa shape index (κ3) is 2.58. The SMILES string of the molecule is C(CC1C2CC3CC(C2)CC1C3)CN1CCNCC1. The first kappa shape index (κ1) is 12.6. The largest absolute Gasteiger partial charge is 0.314 e. The molecule has 0 aromatic rings. The van der Waals surface area contributed by atoms with Crippen molar-refractivity contribution in [3.05, 3.63) is 0 Å². The van der Waals surface area contributed by atoms with Crippen LogP contribution in [0.1, 0.15) is 44.9 Å². The van der Waals surface area contributed by atoms with Crippen molar-refractivity contribution in [2.45, 2.75) is 44.9 Å². The van der Waals surface area contributed by atoms with Gasteiger partial charge < -0.3 is 10.2 Å². The van der Waals surface area contributed by atoms with Gasteiger partial charge in [0.15, 0.2) is 0 Å². The molecule has 2 nitrogen and oxygen atoms in total. The maximum atomic E-state index is 3.45. The third-order valence-corrected chi connectivity index (χ3v) is 6.64. The van der Waals surface area contributed by atoms with Crippen molar-refractivity contribution >= 4 is 0 Å². The van der Waals surface area contributed by atoms with E-state index < -0.39 is 0 Å². The van der Waals surface area contributed by atoms with Gasteiger partial charge in [0, 0.05) is 26.2 Å². The summed E-state index contributed by atoms with van der Waals surface area (Å²) in [6.07, 6.45) is 11.0. The van der Waals surface area contributed by atoms with Gasteiger partial charge in [0.2, 0.25) is 0 Å². The molecule has 0 aromatic carbocycles. The van der Waals surface area contributed by atoms with Crippen molar-refractivity contribution < 1.29 is 0 Å². The van der Waals surface area contributed by atoms with Gasteiger partial charge in [0.25, 0.3) is 0 Å². The highest BCUT2D eigenvalue weighted by Crippen LogP contribution is 2.57. The van der Waals surface area contributed by atoms with Crippen molar-refractivity contribution in [2.24, 2.45) is 29.6 Å². The summed E-state index contributed by atoms with van der Waals surface area (Å²) < 4.78 is 0. The Morgan fingerprint density at radius 3 is 2.11 bits per heavy atom. The van der Waals surface area contributed by atoms with E-state index in [9.17, 15) is 0 Å². The van der Waals surface area contributed by atoms with Crippen LogP contribution in [0.15, 0.2) is 0 Å². The molecule has 1 heterocycles. The normalized spacial score (nSPS) is 45.8. The molecule has 4 saturated carbocycles. The molecule has 0 radical (unpaired) electrons. The molecule has 0 atom stereocenters. The highest BCUT2D eigenvalue weighted by molar-refractivity contribution is 4.97. The second-order valence-electron chi connectivity index (χ2n) is 7.83. The van der Waals surface area contributed by atoms with Gasteiger partial charge in [-0.15, -0.1) is 0 Å². The number of hydrogen-bond acceptors (Lipinski definition) is 2. The van der Waals surface area contributed by atoms with Gasteiger partial charge in [-0.2, -0.15) is 0 Å². The van der Waals surface area contributed by atoms with Crippen LogP contribution >= 0.6 is 0 Å². The van der Waals surface area contributed by atoms with Crippen LogP contribution in [-0.4, -0.2) is 37.6 Å². The van der Waals surface area contributed by atoms with E-state index in [2.05, 4.69) is 10.2 Å². The second-order valence-corrected chi connectivity index (χ2v) is 7.83. The highest BCUT2D eigenvalue weighted by atomic mass is 15.2. The molecule has 1 saturated heterocycles. The maximum Gasteiger partial charge on any atom is 0.0107 e. The summed E-state index contributed by atoms with van der Waals surface area (Å²) in [5.41, 5.74) is 0. The molecule has 0 spiro atoms. The number of piperazine rings is 1. The number of nitrogens with one attached hydrogen (secondary N) is 1. The second kappa shape index (κ2) is 5.37. The first-order valence-electron chi connectivity index (χ1n) is 8.81. The molecule has 0 amide bonds. The zero-order chi connectivity index (χ0) is 12.7. The quantitative estimate of drug-likeness (QED) is 0.838. The summed E-state index contributed by atoms with van der Waals surface area (Å²) in [4.78, 5) is 2.67. The van der Waals surface area contributed by atoms with Crippen LogP contribution in [0, 0.1) is 29.6 Å². The molecule has 19 heavy (non-hydrogen) atoms. The van der Waals surface area contributed by atoms with Gasteiger partial charge in [-0.3, -0.25) is 0 Å². The van der Waals surface area contributed by atoms with E-state index in [1.54, 1.807) is 38.5 Å². The Kier molecular flexibility index (Phi) is 3.57. The molecule has 1 aliphatic heterocycles. The van der Waals surface area contributed by atoms with Crippen LogP contribution in [0.5, 0.6) is 0 Å². The summed E-state index contributed by atoms with van der Waals surface area (Å²) in [5, 5.41) is 3.45. The average molecular weight is 262 g/mol. The minimum absolute atomic E-state index is 1.12. The molecule has 0 unspecified atom stereocenters. The lowest BCUT2D eigenvalue weighted by Gasteiger charge is -2.54. The Morgan fingerprint density at radius 2 is 1.47 bits per heavy atom.